The van der Waals surface area contributed by atoms with Gasteiger partial charge in [-0.05, 0) is 49.8 Å². The van der Waals surface area contributed by atoms with Gasteiger partial charge in [-0.15, -0.1) is 0 Å². The van der Waals surface area contributed by atoms with Crippen molar-refractivity contribution < 1.29 is 9.90 Å². The third-order valence-electron chi connectivity index (χ3n) is 3.14. The fourth-order valence-electron chi connectivity index (χ4n) is 2.21. The highest BCUT2D eigenvalue weighted by Gasteiger charge is 2.16. The number of anilines is 1. The molecule has 2 rings (SSSR count). The minimum absolute atomic E-state index is 0.534. The average Bonchev–Trinajstić information content (AvgIpc) is 2.29. The van der Waals surface area contributed by atoms with Crippen molar-refractivity contribution in [2.24, 2.45) is 0 Å². The van der Waals surface area contributed by atoms with E-state index in [0.717, 1.165) is 18.5 Å². The van der Waals surface area contributed by atoms with Gasteiger partial charge in [-0.3, -0.25) is 4.79 Å². The lowest BCUT2D eigenvalue weighted by Gasteiger charge is -2.21. The number of carboxylic acid groups (broad SMARTS) is 1. The lowest BCUT2D eigenvalue weighted by Crippen LogP contribution is -2.26. The van der Waals surface area contributed by atoms with Crippen LogP contribution in [0.15, 0.2) is 18.2 Å². The monoisotopic (exact) mass is 219 g/mol. The predicted molar refractivity (Wildman–Crippen MR) is 63.8 cm³/mol. The summed E-state index contributed by atoms with van der Waals surface area (Å²) in [4.78, 5) is 10.8. The van der Waals surface area contributed by atoms with Crippen molar-refractivity contribution in [1.82, 2.24) is 0 Å². The van der Waals surface area contributed by atoms with E-state index in [0.29, 0.717) is 0 Å². The molecule has 0 radical (unpaired) electrons. The molecule has 1 aromatic rings. The number of hydrogen-bond acceptors (Lipinski definition) is 2. The molecule has 1 unspecified atom stereocenters. The second-order valence-electron chi connectivity index (χ2n) is 4.35. The Balaban J connectivity index is 2.24. The van der Waals surface area contributed by atoms with Gasteiger partial charge in [0.05, 0.1) is 0 Å². The summed E-state index contributed by atoms with van der Waals surface area (Å²) in [5.41, 5.74) is 3.67. The zero-order valence-corrected chi connectivity index (χ0v) is 9.49. The number of fused-ring (bicyclic) bond motifs is 1. The number of carboxylic acids is 1. The van der Waals surface area contributed by atoms with Crippen LogP contribution in [0.4, 0.5) is 5.69 Å². The van der Waals surface area contributed by atoms with Gasteiger partial charge in [-0.2, -0.15) is 0 Å². The van der Waals surface area contributed by atoms with E-state index in [1.54, 1.807) is 6.92 Å². The summed E-state index contributed by atoms with van der Waals surface area (Å²) in [6.45, 7) is 1.67. The number of carbonyl (C=O) groups is 1. The summed E-state index contributed by atoms with van der Waals surface area (Å²) < 4.78 is 0. The SMILES string of the molecule is CC(Nc1cccc2c1CCCC2)C(=O)O. The molecule has 0 spiro atoms. The predicted octanol–water partition coefficient (Wildman–Crippen LogP) is 2.45. The molecule has 16 heavy (non-hydrogen) atoms. The molecule has 0 saturated carbocycles. The van der Waals surface area contributed by atoms with E-state index < -0.39 is 12.0 Å². The summed E-state index contributed by atoms with van der Waals surface area (Å²) in [5, 5.41) is 12.0. The Hall–Kier alpha value is -1.51. The van der Waals surface area contributed by atoms with Crippen LogP contribution >= 0.6 is 0 Å². The fraction of sp³-hybridized carbons (Fsp3) is 0.462. The molecule has 1 aliphatic carbocycles. The first-order valence-corrected chi connectivity index (χ1v) is 5.78. The smallest absolute Gasteiger partial charge is 0.325 e. The van der Waals surface area contributed by atoms with Gasteiger partial charge < -0.3 is 10.4 Å². The van der Waals surface area contributed by atoms with Gasteiger partial charge in [-0.1, -0.05) is 12.1 Å². The molecule has 86 valence electrons. The van der Waals surface area contributed by atoms with Gasteiger partial charge in [0.15, 0.2) is 0 Å². The van der Waals surface area contributed by atoms with E-state index in [2.05, 4.69) is 11.4 Å². The van der Waals surface area contributed by atoms with Gasteiger partial charge in [-0.25, -0.2) is 0 Å². The first kappa shape index (κ1) is 11.0. The maximum absolute atomic E-state index is 10.8. The van der Waals surface area contributed by atoms with Gasteiger partial charge in [0, 0.05) is 5.69 Å². The Morgan fingerprint density at radius 2 is 2.12 bits per heavy atom. The first-order valence-electron chi connectivity index (χ1n) is 5.78. The zero-order chi connectivity index (χ0) is 11.5. The molecule has 3 heteroatoms. The average molecular weight is 219 g/mol. The van der Waals surface area contributed by atoms with E-state index in [1.807, 2.05) is 12.1 Å². The molecule has 1 aliphatic rings. The van der Waals surface area contributed by atoms with E-state index in [-0.39, 0.29) is 0 Å². The van der Waals surface area contributed by atoms with E-state index in [9.17, 15) is 4.79 Å². The highest BCUT2D eigenvalue weighted by Crippen LogP contribution is 2.28. The standard InChI is InChI=1S/C13H17NO2/c1-9(13(15)16)14-12-8-4-6-10-5-2-3-7-11(10)12/h4,6,8-9,14H,2-3,5,7H2,1H3,(H,15,16). The molecular weight excluding hydrogens is 202 g/mol. The molecule has 0 saturated heterocycles. The Morgan fingerprint density at radius 3 is 2.88 bits per heavy atom. The van der Waals surface area contributed by atoms with Crippen LogP contribution in [0.2, 0.25) is 0 Å². The maximum atomic E-state index is 10.8. The lowest BCUT2D eigenvalue weighted by molar-refractivity contribution is -0.137. The van der Waals surface area contributed by atoms with Gasteiger partial charge >= 0.3 is 5.97 Å². The van der Waals surface area contributed by atoms with Gasteiger partial charge in [0.25, 0.3) is 0 Å². The fourth-order valence-corrected chi connectivity index (χ4v) is 2.21. The van der Waals surface area contributed by atoms with Crippen molar-refractivity contribution in [3.05, 3.63) is 29.3 Å². The topological polar surface area (TPSA) is 49.3 Å². The largest absolute Gasteiger partial charge is 0.480 e. The van der Waals surface area contributed by atoms with Crippen LogP contribution in [0, 0.1) is 0 Å². The number of benzene rings is 1. The molecule has 3 nitrogen and oxygen atoms in total. The quantitative estimate of drug-likeness (QED) is 0.821. The molecule has 0 aromatic heterocycles. The van der Waals surface area contributed by atoms with E-state index in [1.165, 1.54) is 24.0 Å². The summed E-state index contributed by atoms with van der Waals surface area (Å²) in [6.07, 6.45) is 4.62. The summed E-state index contributed by atoms with van der Waals surface area (Å²) >= 11 is 0. The maximum Gasteiger partial charge on any atom is 0.325 e. The molecule has 0 heterocycles. The molecule has 1 atom stereocenters. The van der Waals surface area contributed by atoms with Crippen LogP contribution in [0.1, 0.15) is 30.9 Å². The Bertz CT molecular complexity index is 401. The normalized spacial score (nSPS) is 16.3. The van der Waals surface area contributed by atoms with Crippen LogP contribution in [-0.4, -0.2) is 17.1 Å². The number of nitrogens with one attached hydrogen (secondary N) is 1. The van der Waals surface area contributed by atoms with Crippen LogP contribution in [-0.2, 0) is 17.6 Å². The van der Waals surface area contributed by atoms with Crippen molar-refractivity contribution in [3.8, 4) is 0 Å². The number of hydrogen-bond donors (Lipinski definition) is 2. The molecule has 2 N–H and O–H groups in total. The molecule has 0 fully saturated rings. The van der Waals surface area contributed by atoms with Crippen LogP contribution in [0.5, 0.6) is 0 Å². The number of aliphatic carboxylic acids is 1. The van der Waals surface area contributed by atoms with E-state index in [4.69, 9.17) is 5.11 Å². The van der Waals surface area contributed by atoms with Crippen molar-refractivity contribution in [2.75, 3.05) is 5.32 Å². The third-order valence-corrected chi connectivity index (χ3v) is 3.14. The Kier molecular flexibility index (Phi) is 3.13. The van der Waals surface area contributed by atoms with E-state index >= 15 is 0 Å². The minimum Gasteiger partial charge on any atom is -0.480 e. The molecular formula is C13H17NO2. The van der Waals surface area contributed by atoms with Gasteiger partial charge in [0.2, 0.25) is 0 Å². The van der Waals surface area contributed by atoms with Crippen molar-refractivity contribution in [3.63, 3.8) is 0 Å². The molecule has 0 bridgehead atoms. The Morgan fingerprint density at radius 1 is 1.38 bits per heavy atom. The second-order valence-corrected chi connectivity index (χ2v) is 4.35. The van der Waals surface area contributed by atoms with Crippen molar-refractivity contribution >= 4 is 11.7 Å². The summed E-state index contributed by atoms with van der Waals surface area (Å²) in [7, 11) is 0. The van der Waals surface area contributed by atoms with Crippen molar-refractivity contribution in [2.45, 2.75) is 38.6 Å². The first-order chi connectivity index (χ1) is 7.68. The highest BCUT2D eigenvalue weighted by atomic mass is 16.4. The second kappa shape index (κ2) is 4.56. The molecule has 0 aliphatic heterocycles. The Labute approximate surface area is 95.5 Å². The van der Waals surface area contributed by atoms with Crippen LogP contribution < -0.4 is 5.32 Å². The number of rotatable bonds is 3. The molecule has 1 aromatic carbocycles. The van der Waals surface area contributed by atoms with Crippen LogP contribution in [0.25, 0.3) is 0 Å². The summed E-state index contributed by atoms with van der Waals surface area (Å²) in [6, 6.07) is 5.59. The minimum atomic E-state index is -0.812. The highest BCUT2D eigenvalue weighted by molar-refractivity contribution is 5.77. The number of aryl methyl sites for hydroxylation is 1. The third kappa shape index (κ3) is 2.18. The summed E-state index contributed by atoms with van der Waals surface area (Å²) in [5.74, 6) is -0.812. The lowest BCUT2D eigenvalue weighted by atomic mass is 9.90. The van der Waals surface area contributed by atoms with Crippen LogP contribution in [0.3, 0.4) is 0 Å². The van der Waals surface area contributed by atoms with Gasteiger partial charge in [0.1, 0.15) is 6.04 Å². The van der Waals surface area contributed by atoms with Crippen molar-refractivity contribution in [1.29, 1.82) is 0 Å². The zero-order valence-electron chi connectivity index (χ0n) is 9.49. The molecule has 0 amide bonds.